The lowest BCUT2D eigenvalue weighted by Crippen LogP contribution is -2.24. The van der Waals surface area contributed by atoms with E-state index in [1.54, 1.807) is 0 Å². The van der Waals surface area contributed by atoms with Gasteiger partial charge >= 0.3 is 0 Å². The molecule has 2 rings (SSSR count). The molecule has 0 atom stereocenters. The molecule has 0 aromatic heterocycles. The minimum absolute atomic E-state index is 0.777. The fraction of sp³-hybridized carbons (Fsp3) is 0.167. The molecule has 0 saturated carbocycles. The first-order valence-corrected chi connectivity index (χ1v) is 5.25. The quantitative estimate of drug-likeness (QED) is 0.730. The van der Waals surface area contributed by atoms with Gasteiger partial charge in [-0.15, -0.1) is 0 Å². The first-order valence-electron chi connectivity index (χ1n) is 4.85. The Hall–Kier alpha value is -1.48. The predicted octanol–water partition coefficient (Wildman–Crippen LogP) is 2.77. The van der Waals surface area contributed by atoms with Crippen molar-refractivity contribution in [2.45, 2.75) is 13.3 Å². The van der Waals surface area contributed by atoms with Crippen molar-refractivity contribution in [2.24, 2.45) is 5.10 Å². The molecule has 0 saturated heterocycles. The van der Waals surface area contributed by atoms with E-state index in [1.807, 2.05) is 25.1 Å². The number of hydrogen-bond acceptors (Lipinski definition) is 2. The van der Waals surface area contributed by atoms with Crippen LogP contribution in [-0.4, -0.2) is 10.7 Å². The Bertz CT molecular complexity index is 432. The first-order chi connectivity index (χ1) is 7.25. The average Bonchev–Trinajstić information content (AvgIpc) is 2.25. The Kier molecular flexibility index (Phi) is 2.92. The number of benzene rings is 1. The van der Waals surface area contributed by atoms with Gasteiger partial charge in [0.15, 0.2) is 0 Å². The summed E-state index contributed by atoms with van der Waals surface area (Å²) in [6, 6.07) is 10.2. The number of nitrogens with one attached hydrogen (secondary N) is 1. The van der Waals surface area contributed by atoms with E-state index in [2.05, 4.69) is 28.7 Å². The van der Waals surface area contributed by atoms with Crippen LogP contribution in [0.5, 0.6) is 0 Å². The van der Waals surface area contributed by atoms with Crippen LogP contribution in [0.25, 0.3) is 6.08 Å². The van der Waals surface area contributed by atoms with Crippen LogP contribution in [0.3, 0.4) is 0 Å². The number of nitrogens with zero attached hydrogens (tertiary/aromatic N) is 1. The van der Waals surface area contributed by atoms with E-state index >= 15 is 0 Å². The normalized spacial score (nSPS) is 18.6. The highest BCUT2D eigenvalue weighted by Gasteiger charge is 2.10. The highest BCUT2D eigenvalue weighted by Crippen LogP contribution is 2.14. The van der Waals surface area contributed by atoms with Gasteiger partial charge in [-0.3, -0.25) is 5.43 Å². The van der Waals surface area contributed by atoms with Crippen molar-refractivity contribution in [3.63, 3.8) is 0 Å². The topological polar surface area (TPSA) is 24.4 Å². The summed E-state index contributed by atoms with van der Waals surface area (Å²) in [5.41, 5.74) is 6.20. The third kappa shape index (κ3) is 2.50. The molecule has 0 bridgehead atoms. The highest BCUT2D eigenvalue weighted by molar-refractivity contribution is 7.80. The highest BCUT2D eigenvalue weighted by atomic mass is 32.1. The fourth-order valence-corrected chi connectivity index (χ4v) is 1.67. The number of thiocarbonyl (C=S) groups is 1. The van der Waals surface area contributed by atoms with Crippen LogP contribution in [0.1, 0.15) is 18.9 Å². The van der Waals surface area contributed by atoms with Crippen LogP contribution in [0.4, 0.5) is 0 Å². The zero-order chi connectivity index (χ0) is 10.7. The molecule has 2 nitrogen and oxygen atoms in total. The van der Waals surface area contributed by atoms with Crippen LogP contribution in [0.15, 0.2) is 41.0 Å². The fourth-order valence-electron chi connectivity index (χ4n) is 1.46. The molecule has 15 heavy (non-hydrogen) atoms. The molecule has 0 radical (unpaired) electrons. The molecule has 76 valence electrons. The lowest BCUT2D eigenvalue weighted by Gasteiger charge is -2.14. The number of rotatable bonds is 1. The monoisotopic (exact) mass is 216 g/mol. The van der Waals surface area contributed by atoms with Gasteiger partial charge in [0.2, 0.25) is 0 Å². The average molecular weight is 216 g/mol. The van der Waals surface area contributed by atoms with Crippen molar-refractivity contribution in [3.8, 4) is 0 Å². The maximum absolute atomic E-state index is 5.09. The Labute approximate surface area is 94.7 Å². The van der Waals surface area contributed by atoms with Crippen LogP contribution in [-0.2, 0) is 0 Å². The van der Waals surface area contributed by atoms with Crippen LogP contribution in [0.2, 0.25) is 0 Å². The maximum Gasteiger partial charge on any atom is 0.101 e. The van der Waals surface area contributed by atoms with Crippen molar-refractivity contribution < 1.29 is 0 Å². The van der Waals surface area contributed by atoms with Gasteiger partial charge < -0.3 is 0 Å². The zero-order valence-corrected chi connectivity index (χ0v) is 9.34. The predicted molar refractivity (Wildman–Crippen MR) is 67.9 cm³/mol. The van der Waals surface area contributed by atoms with Gasteiger partial charge in [-0.05, 0) is 24.1 Å². The summed E-state index contributed by atoms with van der Waals surface area (Å²) in [4.78, 5) is 0.780. The van der Waals surface area contributed by atoms with Crippen LogP contribution in [0, 0.1) is 0 Å². The zero-order valence-electron chi connectivity index (χ0n) is 8.53. The molecule has 0 unspecified atom stereocenters. The summed E-state index contributed by atoms with van der Waals surface area (Å²) in [6.45, 7) is 1.99. The second-order valence-corrected chi connectivity index (χ2v) is 3.98. The van der Waals surface area contributed by atoms with E-state index in [4.69, 9.17) is 12.2 Å². The summed E-state index contributed by atoms with van der Waals surface area (Å²) in [7, 11) is 0. The summed E-state index contributed by atoms with van der Waals surface area (Å²) in [6.07, 6.45) is 2.91. The van der Waals surface area contributed by atoms with E-state index in [0.29, 0.717) is 0 Å². The summed E-state index contributed by atoms with van der Waals surface area (Å²) in [5.74, 6) is 0. The molecule has 1 aliphatic heterocycles. The SMILES string of the molecule is CC1=NNC(=S)CC1=Cc1ccccc1. The van der Waals surface area contributed by atoms with Gasteiger partial charge in [-0.25, -0.2) is 0 Å². The molecule has 1 aliphatic rings. The van der Waals surface area contributed by atoms with Gasteiger partial charge in [0, 0.05) is 6.42 Å². The molecule has 1 aromatic rings. The Morgan fingerprint density at radius 2 is 2.07 bits per heavy atom. The van der Waals surface area contributed by atoms with E-state index in [0.717, 1.165) is 17.1 Å². The second kappa shape index (κ2) is 4.36. The lowest BCUT2D eigenvalue weighted by atomic mass is 10.0. The third-order valence-corrected chi connectivity index (χ3v) is 2.54. The van der Waals surface area contributed by atoms with Gasteiger partial charge in [-0.2, -0.15) is 5.10 Å². The summed E-state index contributed by atoms with van der Waals surface area (Å²) >= 11 is 5.09. The minimum atomic E-state index is 0.777. The Balaban J connectivity index is 2.30. The van der Waals surface area contributed by atoms with Crippen LogP contribution >= 0.6 is 12.2 Å². The second-order valence-electron chi connectivity index (χ2n) is 3.49. The molecule has 1 aromatic carbocycles. The molecular weight excluding hydrogens is 204 g/mol. The van der Waals surface area contributed by atoms with Gasteiger partial charge in [0.25, 0.3) is 0 Å². The van der Waals surface area contributed by atoms with E-state index in [1.165, 1.54) is 11.1 Å². The summed E-state index contributed by atoms with van der Waals surface area (Å²) in [5, 5.41) is 4.15. The van der Waals surface area contributed by atoms with Crippen molar-refractivity contribution >= 4 is 29.0 Å². The first kappa shape index (κ1) is 10.1. The van der Waals surface area contributed by atoms with E-state index < -0.39 is 0 Å². The van der Waals surface area contributed by atoms with Crippen molar-refractivity contribution in [3.05, 3.63) is 41.5 Å². The standard InChI is InChI=1S/C12H12N2S/c1-9-11(8-12(15)14-13-9)7-10-5-3-2-4-6-10/h2-7H,8H2,1H3,(H,14,15). The molecule has 0 aliphatic carbocycles. The molecule has 1 N–H and O–H groups in total. The van der Waals surface area contributed by atoms with E-state index in [9.17, 15) is 0 Å². The van der Waals surface area contributed by atoms with Gasteiger partial charge in [0.1, 0.15) is 4.99 Å². The molecular formula is C12H12N2S. The smallest absolute Gasteiger partial charge is 0.101 e. The number of hydrazone groups is 1. The third-order valence-electron chi connectivity index (χ3n) is 2.30. The van der Waals surface area contributed by atoms with Gasteiger partial charge in [-0.1, -0.05) is 42.5 Å². The van der Waals surface area contributed by atoms with Crippen molar-refractivity contribution in [2.75, 3.05) is 0 Å². The molecule has 0 fully saturated rings. The maximum atomic E-state index is 5.09. The largest absolute Gasteiger partial charge is 0.271 e. The lowest BCUT2D eigenvalue weighted by molar-refractivity contribution is 0.987. The van der Waals surface area contributed by atoms with Crippen molar-refractivity contribution in [1.82, 2.24) is 5.43 Å². The molecule has 3 heteroatoms. The molecule has 0 spiro atoms. The molecule has 0 amide bonds. The summed E-state index contributed by atoms with van der Waals surface area (Å²) < 4.78 is 0. The molecule has 1 heterocycles. The van der Waals surface area contributed by atoms with E-state index in [-0.39, 0.29) is 0 Å². The minimum Gasteiger partial charge on any atom is -0.271 e. The van der Waals surface area contributed by atoms with Crippen molar-refractivity contribution in [1.29, 1.82) is 0 Å². The van der Waals surface area contributed by atoms with Gasteiger partial charge in [0.05, 0.1) is 5.71 Å². The Morgan fingerprint density at radius 3 is 2.80 bits per heavy atom. The van der Waals surface area contributed by atoms with Crippen LogP contribution < -0.4 is 5.43 Å². The Morgan fingerprint density at radius 1 is 1.33 bits per heavy atom. The number of hydrogen-bond donors (Lipinski definition) is 1.